The molecule has 7 heteroatoms. The van der Waals surface area contributed by atoms with Crippen molar-refractivity contribution in [2.24, 2.45) is 0 Å². The van der Waals surface area contributed by atoms with E-state index in [-0.39, 0.29) is 5.57 Å². The van der Waals surface area contributed by atoms with Gasteiger partial charge in [-0.2, -0.15) is 5.26 Å². The van der Waals surface area contributed by atoms with Gasteiger partial charge in [-0.15, -0.1) is 0 Å². The number of rotatable bonds is 7. The molecule has 0 saturated heterocycles. The van der Waals surface area contributed by atoms with Crippen LogP contribution in [0, 0.1) is 25.2 Å². The first kappa shape index (κ1) is 25.3. The predicted octanol–water partition coefficient (Wildman–Crippen LogP) is 7.63. The lowest BCUT2D eigenvalue weighted by atomic mass is 10.1. The maximum Gasteiger partial charge on any atom is 0.266 e. The molecule has 1 heterocycles. The average Bonchev–Trinajstić information content (AvgIpc) is 3.15. The lowest BCUT2D eigenvalue weighted by Gasteiger charge is -2.12. The SMILES string of the molecule is Cc1cc(/C=C(/C#N)C(=O)Nc2cccc(Br)c2)c(C)n1-c1ccc(OCc2ccc(Cl)cc2)cc1. The smallest absolute Gasteiger partial charge is 0.266 e. The van der Waals surface area contributed by atoms with E-state index in [9.17, 15) is 10.1 Å². The second-order valence-electron chi connectivity index (χ2n) is 8.21. The van der Waals surface area contributed by atoms with Gasteiger partial charge < -0.3 is 14.6 Å². The van der Waals surface area contributed by atoms with Crippen molar-refractivity contribution in [3.05, 3.63) is 116 Å². The van der Waals surface area contributed by atoms with Crippen molar-refractivity contribution in [1.82, 2.24) is 4.57 Å². The summed E-state index contributed by atoms with van der Waals surface area (Å²) in [6, 6.07) is 26.6. The third-order valence-electron chi connectivity index (χ3n) is 5.63. The molecular formula is C29H23BrClN3O2. The highest BCUT2D eigenvalue weighted by Crippen LogP contribution is 2.25. The first-order valence-corrected chi connectivity index (χ1v) is 12.4. The molecule has 3 aromatic carbocycles. The summed E-state index contributed by atoms with van der Waals surface area (Å²) in [5.41, 5.74) is 5.34. The van der Waals surface area contributed by atoms with Crippen LogP contribution in [0.5, 0.6) is 5.75 Å². The van der Waals surface area contributed by atoms with E-state index in [0.717, 1.165) is 38.4 Å². The van der Waals surface area contributed by atoms with Crippen LogP contribution in [0.3, 0.4) is 0 Å². The van der Waals surface area contributed by atoms with Crippen molar-refractivity contribution in [2.45, 2.75) is 20.5 Å². The van der Waals surface area contributed by atoms with Crippen LogP contribution in [0.25, 0.3) is 11.8 Å². The second kappa shape index (κ2) is 11.3. The zero-order valence-electron chi connectivity index (χ0n) is 19.8. The molecule has 0 aliphatic rings. The van der Waals surface area contributed by atoms with Gasteiger partial charge in [-0.3, -0.25) is 4.79 Å². The van der Waals surface area contributed by atoms with Gasteiger partial charge in [0.2, 0.25) is 0 Å². The monoisotopic (exact) mass is 559 g/mol. The number of amides is 1. The van der Waals surface area contributed by atoms with Gasteiger partial charge in [0, 0.05) is 32.3 Å². The van der Waals surface area contributed by atoms with E-state index >= 15 is 0 Å². The Balaban J connectivity index is 1.51. The van der Waals surface area contributed by atoms with E-state index in [1.807, 2.05) is 86.6 Å². The van der Waals surface area contributed by atoms with Crippen molar-refractivity contribution in [1.29, 1.82) is 5.26 Å². The normalized spacial score (nSPS) is 11.1. The van der Waals surface area contributed by atoms with Crippen molar-refractivity contribution in [3.63, 3.8) is 0 Å². The maximum absolute atomic E-state index is 12.7. The summed E-state index contributed by atoms with van der Waals surface area (Å²) in [4.78, 5) is 12.7. The van der Waals surface area contributed by atoms with Crippen LogP contribution in [0.1, 0.15) is 22.5 Å². The standard InChI is InChI=1S/C29H23BrClN3O2/c1-19-14-22(15-23(17-32)29(35)33-26-5-3-4-24(30)16-26)20(2)34(19)27-10-12-28(13-11-27)36-18-21-6-8-25(31)9-7-21/h3-16H,18H2,1-2H3,(H,33,35)/b23-15-. The summed E-state index contributed by atoms with van der Waals surface area (Å²) in [7, 11) is 0. The summed E-state index contributed by atoms with van der Waals surface area (Å²) < 4.78 is 8.81. The Bertz CT molecular complexity index is 1470. The van der Waals surface area contributed by atoms with E-state index in [0.29, 0.717) is 17.3 Å². The van der Waals surface area contributed by atoms with E-state index in [1.165, 1.54) is 0 Å². The van der Waals surface area contributed by atoms with Gasteiger partial charge in [-0.25, -0.2) is 0 Å². The molecule has 180 valence electrons. The minimum atomic E-state index is -0.456. The fourth-order valence-corrected chi connectivity index (χ4v) is 4.36. The summed E-state index contributed by atoms with van der Waals surface area (Å²) in [6.45, 7) is 4.40. The molecule has 0 bridgehead atoms. The van der Waals surface area contributed by atoms with E-state index < -0.39 is 5.91 Å². The summed E-state index contributed by atoms with van der Waals surface area (Å²) in [6.07, 6.45) is 1.62. The average molecular weight is 561 g/mol. The first-order chi connectivity index (χ1) is 17.3. The Kier molecular flexibility index (Phi) is 7.94. The molecule has 0 aliphatic carbocycles. The molecule has 1 N–H and O–H groups in total. The highest BCUT2D eigenvalue weighted by atomic mass is 79.9. The van der Waals surface area contributed by atoms with Crippen LogP contribution in [0.4, 0.5) is 5.69 Å². The lowest BCUT2D eigenvalue weighted by molar-refractivity contribution is -0.112. The highest BCUT2D eigenvalue weighted by Gasteiger charge is 2.14. The number of carbonyl (C=O) groups is 1. The number of anilines is 1. The molecule has 0 fully saturated rings. The number of benzene rings is 3. The molecule has 4 aromatic rings. The summed E-state index contributed by atoms with van der Waals surface area (Å²) in [5.74, 6) is 0.301. The molecule has 1 aromatic heterocycles. The topological polar surface area (TPSA) is 67.0 Å². The van der Waals surface area contributed by atoms with E-state index in [2.05, 4.69) is 25.8 Å². The van der Waals surface area contributed by atoms with Crippen molar-refractivity contribution in [3.8, 4) is 17.5 Å². The molecule has 1 amide bonds. The van der Waals surface area contributed by atoms with Crippen LogP contribution in [0.2, 0.25) is 5.02 Å². The van der Waals surface area contributed by atoms with Gasteiger partial charge in [-0.1, -0.05) is 45.7 Å². The van der Waals surface area contributed by atoms with Gasteiger partial charge in [0.15, 0.2) is 0 Å². The van der Waals surface area contributed by atoms with Crippen molar-refractivity contribution >= 4 is 45.2 Å². The predicted molar refractivity (Wildman–Crippen MR) is 147 cm³/mol. The molecule has 4 rings (SSSR count). The molecule has 0 saturated carbocycles. The zero-order chi connectivity index (χ0) is 25.7. The maximum atomic E-state index is 12.7. The van der Waals surface area contributed by atoms with Crippen LogP contribution in [-0.4, -0.2) is 10.5 Å². The van der Waals surface area contributed by atoms with E-state index in [1.54, 1.807) is 18.2 Å². The molecule has 0 radical (unpaired) electrons. The Morgan fingerprint density at radius 2 is 1.81 bits per heavy atom. The van der Waals surface area contributed by atoms with Gasteiger partial charge in [-0.05, 0) is 91.7 Å². The number of nitrogens with one attached hydrogen (secondary N) is 1. The fraction of sp³-hybridized carbons (Fsp3) is 0.103. The number of hydrogen-bond donors (Lipinski definition) is 1. The summed E-state index contributed by atoms with van der Waals surface area (Å²) in [5, 5.41) is 13.1. The molecule has 36 heavy (non-hydrogen) atoms. The molecule has 5 nitrogen and oxygen atoms in total. The minimum Gasteiger partial charge on any atom is -0.489 e. The van der Waals surface area contributed by atoms with Crippen LogP contribution < -0.4 is 10.1 Å². The number of nitrogens with zero attached hydrogens (tertiary/aromatic N) is 2. The van der Waals surface area contributed by atoms with Gasteiger partial charge in [0.1, 0.15) is 24.0 Å². The third-order valence-corrected chi connectivity index (χ3v) is 6.38. The second-order valence-corrected chi connectivity index (χ2v) is 9.56. The number of nitriles is 1. The van der Waals surface area contributed by atoms with Crippen LogP contribution >= 0.6 is 27.5 Å². The number of aromatic nitrogens is 1. The molecule has 0 atom stereocenters. The van der Waals surface area contributed by atoms with Crippen LogP contribution in [-0.2, 0) is 11.4 Å². The van der Waals surface area contributed by atoms with Gasteiger partial charge >= 0.3 is 0 Å². The fourth-order valence-electron chi connectivity index (χ4n) is 3.84. The number of ether oxygens (including phenoxy) is 1. The minimum absolute atomic E-state index is 0.0289. The lowest BCUT2D eigenvalue weighted by Crippen LogP contribution is -2.13. The van der Waals surface area contributed by atoms with E-state index in [4.69, 9.17) is 16.3 Å². The Morgan fingerprint density at radius 3 is 2.47 bits per heavy atom. The first-order valence-electron chi connectivity index (χ1n) is 11.2. The van der Waals surface area contributed by atoms with Gasteiger partial charge in [0.25, 0.3) is 5.91 Å². The van der Waals surface area contributed by atoms with Gasteiger partial charge in [0.05, 0.1) is 0 Å². The number of hydrogen-bond acceptors (Lipinski definition) is 3. The van der Waals surface area contributed by atoms with Crippen molar-refractivity contribution < 1.29 is 9.53 Å². The van der Waals surface area contributed by atoms with Crippen molar-refractivity contribution in [2.75, 3.05) is 5.32 Å². The number of aryl methyl sites for hydroxylation is 1. The highest BCUT2D eigenvalue weighted by molar-refractivity contribution is 9.10. The molecule has 0 spiro atoms. The zero-order valence-corrected chi connectivity index (χ0v) is 22.1. The number of halogens is 2. The van der Waals surface area contributed by atoms with Crippen LogP contribution in [0.15, 0.2) is 88.9 Å². The molecule has 0 unspecified atom stereocenters. The Labute approximate surface area is 223 Å². The molecule has 0 aliphatic heterocycles. The summed E-state index contributed by atoms with van der Waals surface area (Å²) >= 11 is 9.32. The third kappa shape index (κ3) is 6.06. The number of carbonyl (C=O) groups excluding carboxylic acids is 1. The largest absolute Gasteiger partial charge is 0.489 e. The quantitative estimate of drug-likeness (QED) is 0.187. The Morgan fingerprint density at radius 1 is 1.08 bits per heavy atom. The molecular weight excluding hydrogens is 538 g/mol. The Hall–Kier alpha value is -3.79.